The van der Waals surface area contributed by atoms with E-state index in [1.165, 1.54) is 0 Å². The van der Waals surface area contributed by atoms with Crippen LogP contribution in [-0.2, 0) is 11.3 Å². The summed E-state index contributed by atoms with van der Waals surface area (Å²) in [4.78, 5) is 4.64. The van der Waals surface area contributed by atoms with Gasteiger partial charge < -0.3 is 19.8 Å². The van der Waals surface area contributed by atoms with E-state index in [1.54, 1.807) is 0 Å². The molecule has 3 atom stereocenters. The molecule has 2 aliphatic heterocycles. The summed E-state index contributed by atoms with van der Waals surface area (Å²) in [5.74, 6) is 0.246. The van der Waals surface area contributed by atoms with Gasteiger partial charge in [0.2, 0.25) is 0 Å². The van der Waals surface area contributed by atoms with Gasteiger partial charge in [-0.15, -0.1) is 0 Å². The largest absolute Gasteiger partial charge is 0.396 e. The summed E-state index contributed by atoms with van der Waals surface area (Å²) in [6.45, 7) is 9.33. The quantitative estimate of drug-likeness (QED) is 0.526. The first kappa shape index (κ1) is 23.6. The number of hydrogen-bond acceptors (Lipinski definition) is 7. The van der Waals surface area contributed by atoms with Crippen molar-refractivity contribution >= 4 is 28.2 Å². The van der Waals surface area contributed by atoms with E-state index in [1.807, 2.05) is 40.9 Å². The number of benzene rings is 1. The third kappa shape index (κ3) is 4.31. The average molecular weight is 489 g/mol. The first-order valence-electron chi connectivity index (χ1n) is 12.0. The maximum atomic E-state index is 10.4. The highest BCUT2D eigenvalue weighted by molar-refractivity contribution is 6.34. The summed E-state index contributed by atoms with van der Waals surface area (Å²) >= 11 is 6.71. The molecule has 2 fully saturated rings. The highest BCUT2D eigenvalue weighted by Gasteiger charge is 2.44. The van der Waals surface area contributed by atoms with Crippen molar-refractivity contribution in [2.45, 2.75) is 38.5 Å². The average Bonchev–Trinajstić information content (AvgIpc) is 3.56. The van der Waals surface area contributed by atoms with Gasteiger partial charge in [0, 0.05) is 44.7 Å². The van der Waals surface area contributed by atoms with Gasteiger partial charge in [0.25, 0.3) is 0 Å². The maximum absolute atomic E-state index is 10.4. The standard InChI is InChI=1S/C24H33ClN6O3/c1-17(14-32)3-4-30-13-19(12-26-30)31-21-10-22(20(25)9-18(21)11-27-31)28-5-7-29(8-6-28)24(2)16-34-15-23(24)33/h9-13,17,23,32-33H,3-8,14-16H2,1-2H3/t17?,23-,24+/m0/s1. The Morgan fingerprint density at radius 2 is 2.00 bits per heavy atom. The van der Waals surface area contributed by atoms with Crippen molar-refractivity contribution in [3.63, 3.8) is 0 Å². The maximum Gasteiger partial charge on any atom is 0.103 e. The summed E-state index contributed by atoms with van der Waals surface area (Å²) < 4.78 is 9.33. The molecule has 5 rings (SSSR count). The molecule has 2 aliphatic rings. The molecule has 2 saturated heterocycles. The molecule has 34 heavy (non-hydrogen) atoms. The van der Waals surface area contributed by atoms with Gasteiger partial charge in [-0.3, -0.25) is 9.58 Å². The van der Waals surface area contributed by atoms with E-state index in [4.69, 9.17) is 16.3 Å². The van der Waals surface area contributed by atoms with Gasteiger partial charge in [0.15, 0.2) is 0 Å². The topological polar surface area (TPSA) is 91.8 Å². The van der Waals surface area contributed by atoms with E-state index in [0.717, 1.165) is 61.4 Å². The van der Waals surface area contributed by atoms with Gasteiger partial charge in [-0.1, -0.05) is 18.5 Å². The summed E-state index contributed by atoms with van der Waals surface area (Å²) in [6, 6.07) is 4.09. The van der Waals surface area contributed by atoms with Crippen LogP contribution in [0.1, 0.15) is 20.3 Å². The SMILES string of the molecule is CC(CO)CCn1cc(-n2ncc3cc(Cl)c(N4CCN([C@]5(C)COC[C@@H]5O)CC4)cc32)cn1. The Morgan fingerprint density at radius 1 is 1.21 bits per heavy atom. The molecule has 1 aromatic carbocycles. The third-order valence-electron chi connectivity index (χ3n) is 7.39. The van der Waals surface area contributed by atoms with Crippen LogP contribution in [0.4, 0.5) is 5.69 Å². The van der Waals surface area contributed by atoms with Gasteiger partial charge >= 0.3 is 0 Å². The lowest BCUT2D eigenvalue weighted by molar-refractivity contribution is 0.00884. The molecule has 0 radical (unpaired) electrons. The predicted octanol–water partition coefficient (Wildman–Crippen LogP) is 2.17. The van der Waals surface area contributed by atoms with Crippen molar-refractivity contribution < 1.29 is 14.9 Å². The molecule has 1 unspecified atom stereocenters. The van der Waals surface area contributed by atoms with Gasteiger partial charge in [0.05, 0.1) is 59.7 Å². The zero-order chi connectivity index (χ0) is 23.9. The fraction of sp³-hybridized carbons (Fsp3) is 0.583. The van der Waals surface area contributed by atoms with Crippen LogP contribution in [0.15, 0.2) is 30.7 Å². The second-order valence-electron chi connectivity index (χ2n) is 9.82. The third-order valence-corrected chi connectivity index (χ3v) is 7.70. The van der Waals surface area contributed by atoms with Crippen molar-refractivity contribution in [3.8, 4) is 5.69 Å². The molecule has 184 valence electrons. The molecule has 10 heteroatoms. The number of aryl methyl sites for hydroxylation is 1. The monoisotopic (exact) mass is 488 g/mol. The highest BCUT2D eigenvalue weighted by Crippen LogP contribution is 2.34. The Balaban J connectivity index is 1.35. The molecule has 0 spiro atoms. The number of aromatic nitrogens is 4. The number of aliphatic hydroxyl groups is 2. The molecule has 4 heterocycles. The number of piperazine rings is 1. The summed E-state index contributed by atoms with van der Waals surface area (Å²) in [5, 5.41) is 30.4. The van der Waals surface area contributed by atoms with Crippen LogP contribution in [0, 0.1) is 5.92 Å². The highest BCUT2D eigenvalue weighted by atomic mass is 35.5. The number of rotatable bonds is 7. The molecule has 0 aliphatic carbocycles. The van der Waals surface area contributed by atoms with E-state index in [-0.39, 0.29) is 18.1 Å². The second kappa shape index (κ2) is 9.47. The van der Waals surface area contributed by atoms with Gasteiger partial charge in [-0.25, -0.2) is 4.68 Å². The number of ether oxygens (including phenoxy) is 1. The number of aliphatic hydroxyl groups excluding tert-OH is 2. The van der Waals surface area contributed by atoms with Crippen LogP contribution in [0.25, 0.3) is 16.6 Å². The Labute approximate surface area is 204 Å². The Bertz CT molecular complexity index is 1140. The first-order chi connectivity index (χ1) is 16.4. The number of fused-ring (bicyclic) bond motifs is 1. The molecule has 0 amide bonds. The number of hydrogen-bond donors (Lipinski definition) is 2. The van der Waals surface area contributed by atoms with E-state index in [9.17, 15) is 10.2 Å². The number of anilines is 1. The van der Waals surface area contributed by atoms with Crippen LogP contribution >= 0.6 is 11.6 Å². The van der Waals surface area contributed by atoms with Crippen LogP contribution in [0.5, 0.6) is 0 Å². The zero-order valence-corrected chi connectivity index (χ0v) is 20.5. The minimum absolute atomic E-state index is 0.184. The van der Waals surface area contributed by atoms with E-state index < -0.39 is 6.10 Å². The Morgan fingerprint density at radius 3 is 2.71 bits per heavy atom. The summed E-state index contributed by atoms with van der Waals surface area (Å²) in [6.07, 6.45) is 6.04. The first-order valence-corrected chi connectivity index (χ1v) is 12.3. The van der Waals surface area contributed by atoms with Crippen LogP contribution in [-0.4, -0.2) is 92.3 Å². The molecule has 0 saturated carbocycles. The predicted molar refractivity (Wildman–Crippen MR) is 132 cm³/mol. The van der Waals surface area contributed by atoms with Gasteiger partial charge in [-0.2, -0.15) is 10.2 Å². The normalized spacial score (nSPS) is 24.9. The van der Waals surface area contributed by atoms with E-state index >= 15 is 0 Å². The molecular weight excluding hydrogens is 456 g/mol. The van der Waals surface area contributed by atoms with Gasteiger partial charge in [0.1, 0.15) is 5.69 Å². The summed E-state index contributed by atoms with van der Waals surface area (Å²) in [7, 11) is 0. The molecule has 0 bridgehead atoms. The van der Waals surface area contributed by atoms with Crippen molar-refractivity contribution in [3.05, 3.63) is 35.7 Å². The minimum Gasteiger partial charge on any atom is -0.396 e. The molecule has 2 N–H and O–H groups in total. The fourth-order valence-electron chi connectivity index (χ4n) is 4.92. The summed E-state index contributed by atoms with van der Waals surface area (Å²) in [5.41, 5.74) is 2.55. The van der Waals surface area contributed by atoms with Crippen molar-refractivity contribution in [1.82, 2.24) is 24.5 Å². The molecule has 9 nitrogen and oxygen atoms in total. The van der Waals surface area contributed by atoms with E-state index in [0.29, 0.717) is 18.2 Å². The lowest BCUT2D eigenvalue weighted by atomic mass is 9.95. The Kier molecular flexibility index (Phi) is 6.56. The number of halogens is 1. The number of nitrogens with zero attached hydrogens (tertiary/aromatic N) is 6. The molecule has 3 aromatic rings. The van der Waals surface area contributed by atoms with Crippen LogP contribution in [0.3, 0.4) is 0 Å². The van der Waals surface area contributed by atoms with Crippen LogP contribution in [0.2, 0.25) is 5.02 Å². The fourth-order valence-corrected chi connectivity index (χ4v) is 5.22. The van der Waals surface area contributed by atoms with Crippen molar-refractivity contribution in [2.24, 2.45) is 5.92 Å². The Hall–Kier alpha value is -2.17. The minimum atomic E-state index is -0.457. The van der Waals surface area contributed by atoms with Crippen molar-refractivity contribution in [2.75, 3.05) is 50.9 Å². The van der Waals surface area contributed by atoms with Gasteiger partial charge in [-0.05, 0) is 31.4 Å². The van der Waals surface area contributed by atoms with E-state index in [2.05, 4.69) is 33.0 Å². The zero-order valence-electron chi connectivity index (χ0n) is 19.8. The smallest absolute Gasteiger partial charge is 0.103 e. The molecule has 2 aromatic heterocycles. The lowest BCUT2D eigenvalue weighted by Gasteiger charge is -2.45. The van der Waals surface area contributed by atoms with Crippen molar-refractivity contribution in [1.29, 1.82) is 0 Å². The molecular formula is C24H33ClN6O3. The second-order valence-corrected chi connectivity index (χ2v) is 10.2. The lowest BCUT2D eigenvalue weighted by Crippen LogP contribution is -2.60. The van der Waals surface area contributed by atoms with Crippen LogP contribution < -0.4 is 4.90 Å².